The van der Waals surface area contributed by atoms with Crippen molar-refractivity contribution in [3.8, 4) is 0 Å². The third-order valence-electron chi connectivity index (χ3n) is 5.33. The molecule has 0 atom stereocenters. The van der Waals surface area contributed by atoms with Gasteiger partial charge in [-0.1, -0.05) is 12.1 Å². The Morgan fingerprint density at radius 3 is 2.70 bits per heavy atom. The van der Waals surface area contributed by atoms with E-state index < -0.39 is 0 Å². The molecule has 6 heteroatoms. The standard InChI is InChI=1S/C21H27N5O/c1-16-20-12-19(13-23-21(20)14-22-16)24-18-4-2-3-17(11-18)15-26-7-5-25(6-8-26)9-10-27/h2-4,11-13,24,27H,5-10,14-15H2,1H3. The van der Waals surface area contributed by atoms with Gasteiger partial charge >= 0.3 is 0 Å². The summed E-state index contributed by atoms with van der Waals surface area (Å²) in [6, 6.07) is 10.7. The van der Waals surface area contributed by atoms with Gasteiger partial charge in [0.25, 0.3) is 0 Å². The van der Waals surface area contributed by atoms with Crippen LogP contribution in [0.5, 0.6) is 0 Å². The van der Waals surface area contributed by atoms with Crippen LogP contribution in [-0.4, -0.2) is 64.9 Å². The van der Waals surface area contributed by atoms with Crippen LogP contribution in [0.1, 0.15) is 23.7 Å². The molecule has 4 rings (SSSR count). The molecular weight excluding hydrogens is 338 g/mol. The maximum absolute atomic E-state index is 9.06. The first-order valence-corrected chi connectivity index (χ1v) is 9.63. The highest BCUT2D eigenvalue weighted by Gasteiger charge is 2.17. The Kier molecular flexibility index (Phi) is 5.48. The smallest absolute Gasteiger partial charge is 0.0821 e. The highest BCUT2D eigenvalue weighted by Crippen LogP contribution is 2.23. The number of nitrogens with one attached hydrogen (secondary N) is 1. The number of β-amino-alcohol motifs (C(OH)–C–C–N with tert-alkyl or cyclic N) is 1. The van der Waals surface area contributed by atoms with Crippen molar-refractivity contribution in [3.05, 3.63) is 53.3 Å². The number of benzene rings is 1. The Bertz CT molecular complexity index is 827. The summed E-state index contributed by atoms with van der Waals surface area (Å²) in [5.41, 5.74) is 6.67. The molecule has 1 fully saturated rings. The van der Waals surface area contributed by atoms with E-state index in [-0.39, 0.29) is 6.61 Å². The van der Waals surface area contributed by atoms with Crippen molar-refractivity contribution < 1.29 is 5.11 Å². The lowest BCUT2D eigenvalue weighted by Gasteiger charge is -2.34. The van der Waals surface area contributed by atoms with Gasteiger partial charge in [-0.3, -0.25) is 19.8 Å². The maximum atomic E-state index is 9.06. The molecule has 0 unspecified atom stereocenters. The van der Waals surface area contributed by atoms with Crippen LogP contribution in [0.2, 0.25) is 0 Å². The van der Waals surface area contributed by atoms with Crippen molar-refractivity contribution in [1.29, 1.82) is 0 Å². The van der Waals surface area contributed by atoms with Gasteiger partial charge in [0, 0.05) is 56.2 Å². The zero-order valence-corrected chi connectivity index (χ0v) is 15.9. The van der Waals surface area contributed by atoms with Gasteiger partial charge in [-0.25, -0.2) is 0 Å². The van der Waals surface area contributed by atoms with Crippen LogP contribution in [0.4, 0.5) is 11.4 Å². The van der Waals surface area contributed by atoms with Crippen molar-refractivity contribution in [2.75, 3.05) is 44.6 Å². The van der Waals surface area contributed by atoms with Gasteiger partial charge in [-0.15, -0.1) is 0 Å². The highest BCUT2D eigenvalue weighted by atomic mass is 16.3. The summed E-state index contributed by atoms with van der Waals surface area (Å²) in [4.78, 5) is 13.8. The number of aliphatic hydroxyl groups excluding tert-OH is 1. The molecule has 0 radical (unpaired) electrons. The number of pyridine rings is 1. The topological polar surface area (TPSA) is 64.0 Å². The summed E-state index contributed by atoms with van der Waals surface area (Å²) in [7, 11) is 0. The average Bonchev–Trinajstić information content (AvgIpc) is 3.04. The molecule has 0 spiro atoms. The predicted octanol–water partition coefficient (Wildman–Crippen LogP) is 2.26. The molecule has 1 aromatic carbocycles. The van der Waals surface area contributed by atoms with Crippen LogP contribution in [0, 0.1) is 0 Å². The van der Waals surface area contributed by atoms with Crippen molar-refractivity contribution in [3.63, 3.8) is 0 Å². The van der Waals surface area contributed by atoms with Gasteiger partial charge in [0.1, 0.15) is 0 Å². The van der Waals surface area contributed by atoms with Gasteiger partial charge in [0.05, 0.1) is 30.7 Å². The van der Waals surface area contributed by atoms with Crippen LogP contribution < -0.4 is 5.32 Å². The number of piperazine rings is 1. The van der Waals surface area contributed by atoms with Crippen LogP contribution >= 0.6 is 0 Å². The van der Waals surface area contributed by atoms with E-state index in [1.165, 1.54) is 5.56 Å². The molecule has 0 saturated carbocycles. The molecule has 0 bridgehead atoms. The molecule has 0 amide bonds. The minimum atomic E-state index is 0.247. The molecule has 1 saturated heterocycles. The Balaban J connectivity index is 1.38. The number of aliphatic imine (C=N–C) groups is 1. The molecule has 1 aromatic heterocycles. The van der Waals surface area contributed by atoms with E-state index >= 15 is 0 Å². The fourth-order valence-electron chi connectivity index (χ4n) is 3.76. The Hall–Kier alpha value is -2.28. The fourth-order valence-corrected chi connectivity index (χ4v) is 3.76. The summed E-state index contributed by atoms with van der Waals surface area (Å²) in [6.07, 6.45) is 1.89. The van der Waals surface area contributed by atoms with Gasteiger partial charge in [-0.2, -0.15) is 0 Å². The number of nitrogens with zero attached hydrogens (tertiary/aromatic N) is 4. The first kappa shape index (κ1) is 18.1. The molecule has 6 nitrogen and oxygen atoms in total. The Labute approximate surface area is 160 Å². The van der Waals surface area contributed by atoms with Crippen LogP contribution in [0.15, 0.2) is 41.5 Å². The van der Waals surface area contributed by atoms with Crippen molar-refractivity contribution >= 4 is 17.1 Å². The molecule has 3 heterocycles. The summed E-state index contributed by atoms with van der Waals surface area (Å²) in [5.74, 6) is 0. The van der Waals surface area contributed by atoms with E-state index in [0.29, 0.717) is 6.54 Å². The molecule has 0 aliphatic carbocycles. The monoisotopic (exact) mass is 365 g/mol. The largest absolute Gasteiger partial charge is 0.395 e. The van der Waals surface area contributed by atoms with E-state index in [9.17, 15) is 0 Å². The second kappa shape index (κ2) is 8.17. The minimum absolute atomic E-state index is 0.247. The van der Waals surface area contributed by atoms with Gasteiger partial charge in [0.2, 0.25) is 0 Å². The second-order valence-corrected chi connectivity index (χ2v) is 7.29. The maximum Gasteiger partial charge on any atom is 0.0821 e. The van der Waals surface area contributed by atoms with Crippen LogP contribution in [0.3, 0.4) is 0 Å². The van der Waals surface area contributed by atoms with Crippen molar-refractivity contribution in [1.82, 2.24) is 14.8 Å². The van der Waals surface area contributed by atoms with E-state index in [1.54, 1.807) is 0 Å². The third-order valence-corrected chi connectivity index (χ3v) is 5.33. The van der Waals surface area contributed by atoms with Gasteiger partial charge in [-0.05, 0) is 30.7 Å². The first-order valence-electron chi connectivity index (χ1n) is 9.63. The number of hydrogen-bond acceptors (Lipinski definition) is 6. The quantitative estimate of drug-likeness (QED) is 0.822. The molecule has 27 heavy (non-hydrogen) atoms. The van der Waals surface area contributed by atoms with Crippen molar-refractivity contribution in [2.45, 2.75) is 20.0 Å². The molecular formula is C21H27N5O. The SMILES string of the molecule is CC1=NCc2ncc(Nc3cccc(CN4CCN(CCO)CC4)c3)cc21. The molecule has 142 valence electrons. The number of fused-ring (bicyclic) bond motifs is 1. The summed E-state index contributed by atoms with van der Waals surface area (Å²) >= 11 is 0. The molecule has 2 aliphatic heterocycles. The number of anilines is 2. The summed E-state index contributed by atoms with van der Waals surface area (Å²) < 4.78 is 0. The molecule has 2 N–H and O–H groups in total. The minimum Gasteiger partial charge on any atom is -0.395 e. The van der Waals surface area contributed by atoms with E-state index in [1.807, 2.05) is 13.1 Å². The lowest BCUT2D eigenvalue weighted by Crippen LogP contribution is -2.46. The highest BCUT2D eigenvalue weighted by molar-refractivity contribution is 6.02. The molecule has 2 aromatic rings. The Morgan fingerprint density at radius 2 is 1.89 bits per heavy atom. The number of aliphatic hydroxyl groups is 1. The fraction of sp³-hybridized carbons (Fsp3) is 0.429. The normalized spacial score (nSPS) is 17.6. The number of rotatable bonds is 6. The predicted molar refractivity (Wildman–Crippen MR) is 109 cm³/mol. The van der Waals surface area contributed by atoms with E-state index in [0.717, 1.165) is 67.6 Å². The second-order valence-electron chi connectivity index (χ2n) is 7.29. The average molecular weight is 365 g/mol. The van der Waals surface area contributed by atoms with Crippen LogP contribution in [-0.2, 0) is 13.1 Å². The lowest BCUT2D eigenvalue weighted by molar-refractivity contribution is 0.108. The van der Waals surface area contributed by atoms with Gasteiger partial charge < -0.3 is 10.4 Å². The zero-order valence-electron chi connectivity index (χ0n) is 15.9. The number of aromatic nitrogens is 1. The van der Waals surface area contributed by atoms with E-state index in [2.05, 4.69) is 55.4 Å². The molecule has 2 aliphatic rings. The van der Waals surface area contributed by atoms with Gasteiger partial charge in [0.15, 0.2) is 0 Å². The lowest BCUT2D eigenvalue weighted by atomic mass is 10.1. The van der Waals surface area contributed by atoms with E-state index in [4.69, 9.17) is 5.11 Å². The zero-order chi connectivity index (χ0) is 18.6. The number of hydrogen-bond donors (Lipinski definition) is 2. The Morgan fingerprint density at radius 1 is 1.07 bits per heavy atom. The summed E-state index contributed by atoms with van der Waals surface area (Å²) in [6.45, 7) is 8.87. The third kappa shape index (κ3) is 4.35. The first-order chi connectivity index (χ1) is 13.2. The summed E-state index contributed by atoms with van der Waals surface area (Å²) in [5, 5.41) is 12.5. The van der Waals surface area contributed by atoms with Crippen molar-refractivity contribution in [2.24, 2.45) is 4.99 Å². The van der Waals surface area contributed by atoms with Crippen LogP contribution in [0.25, 0.3) is 0 Å².